The van der Waals surface area contributed by atoms with Gasteiger partial charge in [0.05, 0.1) is 25.7 Å². The van der Waals surface area contributed by atoms with Crippen molar-refractivity contribution in [1.82, 2.24) is 0 Å². The molecule has 0 saturated heterocycles. The highest BCUT2D eigenvalue weighted by atomic mass is 16.5. The Labute approximate surface area is 146 Å². The largest absolute Gasteiger partial charge is 0.493 e. The molecular formula is C19H22O6. The Hall–Kier alpha value is -2.41. The number of aliphatic hydroxyl groups excluding tert-OH is 3. The Morgan fingerprint density at radius 1 is 0.800 bits per heavy atom. The van der Waals surface area contributed by atoms with E-state index in [4.69, 9.17) is 19.7 Å². The van der Waals surface area contributed by atoms with Gasteiger partial charge in [0.1, 0.15) is 30.5 Å². The molecule has 0 aliphatic carbocycles. The molecule has 0 heterocycles. The Bertz CT molecular complexity index is 638. The van der Waals surface area contributed by atoms with Crippen LogP contribution in [-0.4, -0.2) is 54.1 Å². The van der Waals surface area contributed by atoms with Crippen LogP contribution in [-0.2, 0) is 4.79 Å². The summed E-state index contributed by atoms with van der Waals surface area (Å²) in [5, 5.41) is 27.0. The van der Waals surface area contributed by atoms with Gasteiger partial charge in [0.2, 0.25) is 0 Å². The highest BCUT2D eigenvalue weighted by Crippen LogP contribution is 2.24. The minimum atomic E-state index is -0.892. The number of carbonyl (C=O) groups is 1. The summed E-state index contributed by atoms with van der Waals surface area (Å²) in [7, 11) is 0. The number of benzene rings is 2. The molecule has 0 radical (unpaired) electrons. The maximum absolute atomic E-state index is 10.6. The Kier molecular flexibility index (Phi) is 7.40. The lowest BCUT2D eigenvalue weighted by Crippen LogP contribution is -2.21. The standard InChI is InChI=1S/C19H22O6/c20-9-14(10-21)12-24-18-5-1-15(2-6-18)16-3-7-19(8-4-16)25-13-17(23)11-22/h1-9,14,17,21-23H,10-13H2. The number of carbonyl (C=O) groups excluding carboxylic acids is 1. The van der Waals surface area contributed by atoms with Crippen molar-refractivity contribution in [2.24, 2.45) is 5.92 Å². The fourth-order valence-electron chi connectivity index (χ4n) is 2.07. The van der Waals surface area contributed by atoms with Gasteiger partial charge in [-0.05, 0) is 35.4 Å². The topological polar surface area (TPSA) is 96.2 Å². The van der Waals surface area contributed by atoms with Gasteiger partial charge in [-0.15, -0.1) is 0 Å². The van der Waals surface area contributed by atoms with E-state index in [-0.39, 0.29) is 26.4 Å². The first-order valence-corrected chi connectivity index (χ1v) is 7.97. The monoisotopic (exact) mass is 346 g/mol. The quantitative estimate of drug-likeness (QED) is 0.561. The first-order chi connectivity index (χ1) is 12.2. The second-order valence-electron chi connectivity index (χ2n) is 5.59. The van der Waals surface area contributed by atoms with Gasteiger partial charge < -0.3 is 29.6 Å². The molecule has 0 aliphatic rings. The lowest BCUT2D eigenvalue weighted by atomic mass is 10.1. The molecule has 2 aromatic rings. The third-order valence-corrected chi connectivity index (χ3v) is 3.59. The first-order valence-electron chi connectivity index (χ1n) is 7.97. The van der Waals surface area contributed by atoms with Crippen LogP contribution >= 0.6 is 0 Å². The number of aldehydes is 1. The van der Waals surface area contributed by atoms with Crippen LogP contribution in [0.4, 0.5) is 0 Å². The van der Waals surface area contributed by atoms with Gasteiger partial charge >= 0.3 is 0 Å². The summed E-state index contributed by atoms with van der Waals surface area (Å²) in [6.07, 6.45) is -0.214. The minimum absolute atomic E-state index is 0.0392. The predicted octanol–water partition coefficient (Wildman–Crippen LogP) is 1.27. The summed E-state index contributed by atoms with van der Waals surface area (Å²) >= 11 is 0. The van der Waals surface area contributed by atoms with Gasteiger partial charge in [-0.2, -0.15) is 0 Å². The molecule has 2 aromatic carbocycles. The third kappa shape index (κ3) is 5.86. The fraction of sp³-hybridized carbons (Fsp3) is 0.316. The molecule has 134 valence electrons. The Balaban J connectivity index is 1.94. The van der Waals surface area contributed by atoms with Gasteiger partial charge in [0.25, 0.3) is 0 Å². The SMILES string of the molecule is O=CC(CO)COc1ccc(-c2ccc(OCC(O)CO)cc2)cc1. The number of ether oxygens (including phenoxy) is 2. The molecule has 0 spiro atoms. The van der Waals surface area contributed by atoms with Crippen molar-refractivity contribution in [3.05, 3.63) is 48.5 Å². The van der Waals surface area contributed by atoms with Crippen LogP contribution in [0, 0.1) is 5.92 Å². The maximum Gasteiger partial charge on any atom is 0.128 e. The summed E-state index contributed by atoms with van der Waals surface area (Å²) in [5.74, 6) is 0.721. The molecule has 0 saturated carbocycles. The Morgan fingerprint density at radius 3 is 1.68 bits per heavy atom. The van der Waals surface area contributed by atoms with Crippen LogP contribution in [0.15, 0.2) is 48.5 Å². The highest BCUT2D eigenvalue weighted by molar-refractivity contribution is 5.64. The van der Waals surface area contributed by atoms with Crippen molar-refractivity contribution >= 4 is 6.29 Å². The minimum Gasteiger partial charge on any atom is -0.493 e. The summed E-state index contributed by atoms with van der Waals surface area (Å²) in [6, 6.07) is 14.8. The summed E-state index contributed by atoms with van der Waals surface area (Å²) in [6.45, 7) is -0.383. The second kappa shape index (κ2) is 9.78. The normalized spacial score (nSPS) is 13.1. The van der Waals surface area contributed by atoms with Crippen molar-refractivity contribution in [2.45, 2.75) is 6.10 Å². The summed E-state index contributed by atoms with van der Waals surface area (Å²) in [5.41, 5.74) is 1.98. The van der Waals surface area contributed by atoms with Crippen LogP contribution in [0.3, 0.4) is 0 Å². The summed E-state index contributed by atoms with van der Waals surface area (Å²) < 4.78 is 10.8. The molecule has 6 heteroatoms. The predicted molar refractivity (Wildman–Crippen MR) is 92.6 cm³/mol. The molecule has 6 nitrogen and oxygen atoms in total. The van der Waals surface area contributed by atoms with Crippen molar-refractivity contribution < 1.29 is 29.6 Å². The molecule has 0 bridgehead atoms. The third-order valence-electron chi connectivity index (χ3n) is 3.59. The van der Waals surface area contributed by atoms with E-state index in [9.17, 15) is 9.90 Å². The molecule has 2 atom stereocenters. The summed E-state index contributed by atoms with van der Waals surface area (Å²) in [4.78, 5) is 10.6. The van der Waals surface area contributed by atoms with Crippen LogP contribution in [0.1, 0.15) is 0 Å². The molecule has 0 fully saturated rings. The van der Waals surface area contributed by atoms with E-state index in [0.29, 0.717) is 17.8 Å². The average Bonchev–Trinajstić information content (AvgIpc) is 2.68. The lowest BCUT2D eigenvalue weighted by molar-refractivity contribution is -0.113. The van der Waals surface area contributed by atoms with Crippen molar-refractivity contribution in [3.63, 3.8) is 0 Å². The zero-order valence-corrected chi connectivity index (χ0v) is 13.7. The molecule has 3 N–H and O–H groups in total. The number of hydrogen-bond acceptors (Lipinski definition) is 6. The molecular weight excluding hydrogens is 324 g/mol. The van der Waals surface area contributed by atoms with Crippen LogP contribution in [0.5, 0.6) is 11.5 Å². The van der Waals surface area contributed by atoms with E-state index in [1.807, 2.05) is 24.3 Å². The number of rotatable bonds is 10. The lowest BCUT2D eigenvalue weighted by Gasteiger charge is -2.11. The van der Waals surface area contributed by atoms with Gasteiger partial charge in [0, 0.05) is 0 Å². The van der Waals surface area contributed by atoms with E-state index in [1.54, 1.807) is 24.3 Å². The van der Waals surface area contributed by atoms with Crippen molar-refractivity contribution in [2.75, 3.05) is 26.4 Å². The van der Waals surface area contributed by atoms with Gasteiger partial charge in [-0.25, -0.2) is 0 Å². The van der Waals surface area contributed by atoms with E-state index in [2.05, 4.69) is 0 Å². The number of hydrogen-bond donors (Lipinski definition) is 3. The molecule has 2 unspecified atom stereocenters. The van der Waals surface area contributed by atoms with E-state index in [0.717, 1.165) is 11.1 Å². The molecule has 0 amide bonds. The number of aliphatic hydroxyl groups is 3. The van der Waals surface area contributed by atoms with E-state index in [1.165, 1.54) is 0 Å². The van der Waals surface area contributed by atoms with Crippen molar-refractivity contribution in [1.29, 1.82) is 0 Å². The van der Waals surface area contributed by atoms with Gasteiger partial charge in [0.15, 0.2) is 0 Å². The average molecular weight is 346 g/mol. The second-order valence-corrected chi connectivity index (χ2v) is 5.59. The van der Waals surface area contributed by atoms with Crippen LogP contribution in [0.25, 0.3) is 11.1 Å². The molecule has 0 aromatic heterocycles. The zero-order valence-electron chi connectivity index (χ0n) is 13.7. The van der Waals surface area contributed by atoms with Gasteiger partial charge in [-0.1, -0.05) is 24.3 Å². The van der Waals surface area contributed by atoms with Crippen LogP contribution in [0.2, 0.25) is 0 Å². The zero-order chi connectivity index (χ0) is 18.1. The Morgan fingerprint density at radius 2 is 1.28 bits per heavy atom. The van der Waals surface area contributed by atoms with E-state index >= 15 is 0 Å². The van der Waals surface area contributed by atoms with E-state index < -0.39 is 12.0 Å². The molecule has 2 rings (SSSR count). The van der Waals surface area contributed by atoms with Gasteiger partial charge in [-0.3, -0.25) is 0 Å². The fourth-order valence-corrected chi connectivity index (χ4v) is 2.07. The molecule has 25 heavy (non-hydrogen) atoms. The molecule has 0 aliphatic heterocycles. The van der Waals surface area contributed by atoms with Crippen LogP contribution < -0.4 is 9.47 Å². The maximum atomic E-state index is 10.6. The highest BCUT2D eigenvalue weighted by Gasteiger charge is 2.07. The smallest absolute Gasteiger partial charge is 0.128 e. The first kappa shape index (κ1) is 18.9. The van der Waals surface area contributed by atoms with Crippen molar-refractivity contribution in [3.8, 4) is 22.6 Å².